The van der Waals surface area contributed by atoms with Crippen LogP contribution in [0.3, 0.4) is 0 Å². The first kappa shape index (κ1) is 14.4. The lowest BCUT2D eigenvalue weighted by molar-refractivity contribution is 0.538. The summed E-state index contributed by atoms with van der Waals surface area (Å²) in [5.41, 5.74) is 6.78. The maximum absolute atomic E-state index is 14.0. The molecule has 0 heterocycles. The van der Waals surface area contributed by atoms with Gasteiger partial charge in [-0.15, -0.1) is 0 Å². The molecular formula is C14H11BrClF2N. The van der Waals surface area contributed by atoms with Crippen LogP contribution in [-0.2, 0) is 0 Å². The Morgan fingerprint density at radius 3 is 2.53 bits per heavy atom. The Hall–Kier alpha value is -0.970. The number of halogens is 4. The Morgan fingerprint density at radius 2 is 1.89 bits per heavy atom. The second-order valence-corrected chi connectivity index (χ2v) is 5.50. The van der Waals surface area contributed by atoms with Gasteiger partial charge in [-0.3, -0.25) is 0 Å². The summed E-state index contributed by atoms with van der Waals surface area (Å²) in [6.45, 7) is 1.57. The van der Waals surface area contributed by atoms with Crippen LogP contribution in [0.5, 0.6) is 0 Å². The van der Waals surface area contributed by atoms with Gasteiger partial charge >= 0.3 is 0 Å². The molecular weight excluding hydrogens is 336 g/mol. The summed E-state index contributed by atoms with van der Waals surface area (Å²) < 4.78 is 28.4. The van der Waals surface area contributed by atoms with Crippen LogP contribution in [0.4, 0.5) is 8.78 Å². The number of aryl methyl sites for hydroxylation is 1. The largest absolute Gasteiger partial charge is 0.320 e. The normalized spacial score (nSPS) is 12.5. The lowest BCUT2D eigenvalue weighted by atomic mass is 9.97. The van der Waals surface area contributed by atoms with Crippen LogP contribution in [0.15, 0.2) is 34.8 Å². The number of hydrogen-bond donors (Lipinski definition) is 1. The predicted octanol–water partition coefficient (Wildman–Crippen LogP) is 4.74. The van der Waals surface area contributed by atoms with E-state index in [0.29, 0.717) is 20.6 Å². The highest BCUT2D eigenvalue weighted by atomic mass is 79.9. The summed E-state index contributed by atoms with van der Waals surface area (Å²) in [6.07, 6.45) is 0. The molecule has 0 aliphatic rings. The Kier molecular flexibility index (Phi) is 4.23. The molecule has 0 amide bonds. The van der Waals surface area contributed by atoms with Gasteiger partial charge in [-0.05, 0) is 52.2 Å². The van der Waals surface area contributed by atoms with Crippen molar-refractivity contribution in [1.82, 2.24) is 0 Å². The van der Waals surface area contributed by atoms with Crippen molar-refractivity contribution in [3.05, 3.63) is 68.2 Å². The van der Waals surface area contributed by atoms with Crippen LogP contribution >= 0.6 is 27.5 Å². The van der Waals surface area contributed by atoms with Crippen molar-refractivity contribution in [3.63, 3.8) is 0 Å². The summed E-state index contributed by atoms with van der Waals surface area (Å²) in [5.74, 6) is -1.26. The lowest BCUT2D eigenvalue weighted by Gasteiger charge is -2.16. The van der Waals surface area contributed by atoms with Gasteiger partial charge in [0.2, 0.25) is 0 Å². The second kappa shape index (κ2) is 5.57. The number of nitrogens with two attached hydrogens (primary N) is 1. The summed E-state index contributed by atoms with van der Waals surface area (Å²) in [5, 5.41) is 0.515. The Bertz CT molecular complexity index is 631. The molecule has 19 heavy (non-hydrogen) atoms. The molecule has 2 N–H and O–H groups in total. The molecule has 1 atom stereocenters. The van der Waals surface area contributed by atoms with Gasteiger partial charge in [-0.2, -0.15) is 0 Å². The SMILES string of the molecule is Cc1ccc(F)c(C(N)c2ccc(Cl)c(Br)c2)c1F. The van der Waals surface area contributed by atoms with Gasteiger partial charge < -0.3 is 5.73 Å². The van der Waals surface area contributed by atoms with Crippen LogP contribution in [-0.4, -0.2) is 0 Å². The van der Waals surface area contributed by atoms with Crippen LogP contribution < -0.4 is 5.73 Å². The van der Waals surface area contributed by atoms with Gasteiger partial charge in [-0.25, -0.2) is 8.78 Å². The summed E-state index contributed by atoms with van der Waals surface area (Å²) >= 11 is 9.15. The standard InChI is InChI=1S/C14H11BrClF2N/c1-7-2-5-11(17)12(13(7)18)14(19)8-3-4-10(16)9(15)6-8/h2-6,14H,19H2,1H3. The molecule has 5 heteroatoms. The molecule has 0 saturated carbocycles. The van der Waals surface area contributed by atoms with E-state index in [2.05, 4.69) is 15.9 Å². The average Bonchev–Trinajstić information content (AvgIpc) is 2.37. The minimum atomic E-state index is -0.881. The van der Waals surface area contributed by atoms with Crippen molar-refractivity contribution in [2.24, 2.45) is 5.73 Å². The third kappa shape index (κ3) is 2.81. The minimum Gasteiger partial charge on any atom is -0.320 e. The van der Waals surface area contributed by atoms with Gasteiger partial charge in [0.25, 0.3) is 0 Å². The van der Waals surface area contributed by atoms with Crippen molar-refractivity contribution in [2.75, 3.05) is 0 Å². The molecule has 0 spiro atoms. The van der Waals surface area contributed by atoms with E-state index in [-0.39, 0.29) is 5.56 Å². The van der Waals surface area contributed by atoms with Crippen molar-refractivity contribution in [2.45, 2.75) is 13.0 Å². The fraction of sp³-hybridized carbons (Fsp3) is 0.143. The zero-order valence-corrected chi connectivity index (χ0v) is 12.4. The van der Waals surface area contributed by atoms with Crippen LogP contribution in [0.1, 0.15) is 22.7 Å². The third-order valence-electron chi connectivity index (χ3n) is 2.93. The van der Waals surface area contributed by atoms with E-state index in [9.17, 15) is 8.78 Å². The van der Waals surface area contributed by atoms with E-state index < -0.39 is 17.7 Å². The number of benzene rings is 2. The highest BCUT2D eigenvalue weighted by Crippen LogP contribution is 2.30. The van der Waals surface area contributed by atoms with Crippen LogP contribution in [0.25, 0.3) is 0 Å². The molecule has 1 nitrogen and oxygen atoms in total. The van der Waals surface area contributed by atoms with E-state index in [1.54, 1.807) is 25.1 Å². The summed E-state index contributed by atoms with van der Waals surface area (Å²) in [6, 6.07) is 6.67. The Balaban J connectivity index is 2.52. The smallest absolute Gasteiger partial charge is 0.134 e. The minimum absolute atomic E-state index is 0.130. The van der Waals surface area contributed by atoms with Crippen LogP contribution in [0.2, 0.25) is 5.02 Å². The van der Waals surface area contributed by atoms with Gasteiger partial charge in [0.1, 0.15) is 11.6 Å². The Labute approximate surface area is 123 Å². The highest BCUT2D eigenvalue weighted by Gasteiger charge is 2.20. The highest BCUT2D eigenvalue weighted by molar-refractivity contribution is 9.10. The molecule has 100 valence electrons. The summed E-state index contributed by atoms with van der Waals surface area (Å²) in [4.78, 5) is 0. The first-order valence-corrected chi connectivity index (χ1v) is 6.74. The Morgan fingerprint density at radius 1 is 1.21 bits per heavy atom. The molecule has 0 radical (unpaired) electrons. The maximum Gasteiger partial charge on any atom is 0.134 e. The molecule has 1 unspecified atom stereocenters. The van der Waals surface area contributed by atoms with Crippen LogP contribution in [0, 0.1) is 18.6 Å². The molecule has 0 aliphatic carbocycles. The van der Waals surface area contributed by atoms with E-state index in [1.807, 2.05) is 0 Å². The van der Waals surface area contributed by atoms with Crippen molar-refractivity contribution in [1.29, 1.82) is 0 Å². The van der Waals surface area contributed by atoms with E-state index >= 15 is 0 Å². The van der Waals surface area contributed by atoms with Gasteiger partial charge in [0, 0.05) is 10.0 Å². The third-order valence-corrected chi connectivity index (χ3v) is 4.15. The van der Waals surface area contributed by atoms with Crippen molar-refractivity contribution in [3.8, 4) is 0 Å². The molecule has 0 bridgehead atoms. The average molecular weight is 347 g/mol. The van der Waals surface area contributed by atoms with E-state index in [1.165, 1.54) is 12.1 Å². The quantitative estimate of drug-likeness (QED) is 0.835. The lowest BCUT2D eigenvalue weighted by Crippen LogP contribution is -2.16. The van der Waals surface area contributed by atoms with Gasteiger partial charge in [0.15, 0.2) is 0 Å². The first-order valence-electron chi connectivity index (χ1n) is 5.57. The van der Waals surface area contributed by atoms with Crippen molar-refractivity contribution >= 4 is 27.5 Å². The second-order valence-electron chi connectivity index (χ2n) is 4.24. The van der Waals surface area contributed by atoms with Gasteiger partial charge in [0.05, 0.1) is 11.1 Å². The predicted molar refractivity (Wildman–Crippen MR) is 76.3 cm³/mol. The van der Waals surface area contributed by atoms with E-state index in [0.717, 1.165) is 0 Å². The molecule has 0 fully saturated rings. The fourth-order valence-corrected chi connectivity index (χ4v) is 2.35. The molecule has 2 rings (SSSR count). The van der Waals surface area contributed by atoms with Crippen molar-refractivity contribution < 1.29 is 8.78 Å². The molecule has 0 saturated heterocycles. The molecule has 0 aromatic heterocycles. The number of rotatable bonds is 2. The fourth-order valence-electron chi connectivity index (χ4n) is 1.84. The monoisotopic (exact) mass is 345 g/mol. The molecule has 0 aliphatic heterocycles. The maximum atomic E-state index is 14.0. The molecule has 2 aromatic carbocycles. The first-order chi connectivity index (χ1) is 8.91. The van der Waals surface area contributed by atoms with Gasteiger partial charge in [-0.1, -0.05) is 23.7 Å². The summed E-state index contributed by atoms with van der Waals surface area (Å²) in [7, 11) is 0. The zero-order valence-electron chi connectivity index (χ0n) is 10.1. The topological polar surface area (TPSA) is 26.0 Å². The van der Waals surface area contributed by atoms with E-state index in [4.69, 9.17) is 17.3 Å². The number of hydrogen-bond acceptors (Lipinski definition) is 1. The molecule has 2 aromatic rings. The zero-order chi connectivity index (χ0) is 14.2.